The van der Waals surface area contributed by atoms with Gasteiger partial charge in [-0.15, -0.1) is 0 Å². The lowest BCUT2D eigenvalue weighted by molar-refractivity contribution is -0.130. The molecule has 1 fully saturated rings. The number of nitrogens with one attached hydrogen (secondary N) is 1. The molecule has 1 amide bonds. The molecular weight excluding hydrogens is 262 g/mol. The fourth-order valence-corrected chi connectivity index (χ4v) is 3.11. The van der Waals surface area contributed by atoms with E-state index in [0.29, 0.717) is 6.42 Å². The van der Waals surface area contributed by atoms with E-state index in [1.54, 1.807) is 6.92 Å². The predicted molar refractivity (Wildman–Crippen MR) is 89.2 cm³/mol. The zero-order valence-corrected chi connectivity index (χ0v) is 15.1. The standard InChI is InChI=1S/C16H29NO2.C2H6/c1-12(18)14(15(2,3)4)17-13(19)11-16(5)9-7-6-8-10-16;1-2/h14H,6-11H2,1-5H3,(H,17,19);1-2H3. The van der Waals surface area contributed by atoms with Crippen molar-refractivity contribution in [3.8, 4) is 0 Å². The predicted octanol–water partition coefficient (Wildman–Crippen LogP) is 4.49. The van der Waals surface area contributed by atoms with Crippen molar-refractivity contribution in [1.29, 1.82) is 0 Å². The second-order valence-corrected chi connectivity index (χ2v) is 7.53. The first-order valence-electron chi connectivity index (χ1n) is 8.44. The van der Waals surface area contributed by atoms with Gasteiger partial charge in [0.05, 0.1) is 6.04 Å². The SMILES string of the molecule is CC.CC(=O)C(NC(=O)CC1(C)CCCCC1)C(C)(C)C. The highest BCUT2D eigenvalue weighted by molar-refractivity contribution is 5.88. The van der Waals surface area contributed by atoms with Gasteiger partial charge in [-0.25, -0.2) is 0 Å². The van der Waals surface area contributed by atoms with Crippen LogP contribution in [0.1, 0.15) is 87.0 Å². The first-order chi connectivity index (χ1) is 9.64. The minimum atomic E-state index is -0.382. The lowest BCUT2D eigenvalue weighted by Crippen LogP contribution is -2.49. The Morgan fingerprint density at radius 3 is 1.95 bits per heavy atom. The number of carbonyl (C=O) groups excluding carboxylic acids is 2. The molecule has 3 nitrogen and oxygen atoms in total. The van der Waals surface area contributed by atoms with Crippen LogP contribution < -0.4 is 5.32 Å². The minimum Gasteiger partial charge on any atom is -0.346 e. The van der Waals surface area contributed by atoms with E-state index in [2.05, 4.69) is 12.2 Å². The van der Waals surface area contributed by atoms with Crippen molar-refractivity contribution >= 4 is 11.7 Å². The van der Waals surface area contributed by atoms with E-state index in [1.807, 2.05) is 34.6 Å². The van der Waals surface area contributed by atoms with Gasteiger partial charge in [-0.05, 0) is 30.6 Å². The molecule has 21 heavy (non-hydrogen) atoms. The van der Waals surface area contributed by atoms with Crippen molar-refractivity contribution in [1.82, 2.24) is 5.32 Å². The summed E-state index contributed by atoms with van der Waals surface area (Å²) in [5.74, 6) is 0.0640. The van der Waals surface area contributed by atoms with Crippen LogP contribution >= 0.6 is 0 Å². The van der Waals surface area contributed by atoms with E-state index >= 15 is 0 Å². The van der Waals surface area contributed by atoms with Gasteiger partial charge in [-0.3, -0.25) is 9.59 Å². The largest absolute Gasteiger partial charge is 0.346 e. The van der Waals surface area contributed by atoms with Crippen molar-refractivity contribution in [2.75, 3.05) is 0 Å². The Kier molecular flexibility index (Phi) is 8.20. The summed E-state index contributed by atoms with van der Waals surface area (Å²) in [5, 5.41) is 2.94. The molecule has 1 N–H and O–H groups in total. The molecule has 0 saturated heterocycles. The molecule has 1 rings (SSSR count). The third-order valence-electron chi connectivity index (χ3n) is 4.23. The second kappa shape index (κ2) is 8.55. The summed E-state index contributed by atoms with van der Waals surface area (Å²) in [6.45, 7) is 13.7. The molecule has 0 aromatic rings. The Labute approximate surface area is 131 Å². The van der Waals surface area contributed by atoms with Gasteiger partial charge >= 0.3 is 0 Å². The number of carbonyl (C=O) groups is 2. The Balaban J connectivity index is 0.00000191. The molecule has 0 aliphatic heterocycles. The van der Waals surface area contributed by atoms with Crippen molar-refractivity contribution in [2.45, 2.75) is 93.0 Å². The van der Waals surface area contributed by atoms with Crippen LogP contribution in [0.4, 0.5) is 0 Å². The summed E-state index contributed by atoms with van der Waals surface area (Å²) in [6, 6.07) is -0.382. The average molecular weight is 297 g/mol. The van der Waals surface area contributed by atoms with Crippen LogP contribution in [0.5, 0.6) is 0 Å². The molecule has 1 unspecified atom stereocenters. The first kappa shape index (κ1) is 20.1. The molecule has 0 heterocycles. The highest BCUT2D eigenvalue weighted by Gasteiger charge is 2.33. The second-order valence-electron chi connectivity index (χ2n) is 7.53. The van der Waals surface area contributed by atoms with Gasteiger partial charge in [0.1, 0.15) is 0 Å². The fourth-order valence-electron chi connectivity index (χ4n) is 3.11. The summed E-state index contributed by atoms with van der Waals surface area (Å²) in [6.07, 6.45) is 6.53. The van der Waals surface area contributed by atoms with Crippen LogP contribution in [0.2, 0.25) is 0 Å². The monoisotopic (exact) mass is 297 g/mol. The van der Waals surface area contributed by atoms with E-state index in [1.165, 1.54) is 19.3 Å². The van der Waals surface area contributed by atoms with Crippen molar-refractivity contribution in [2.24, 2.45) is 10.8 Å². The van der Waals surface area contributed by atoms with E-state index < -0.39 is 0 Å². The topological polar surface area (TPSA) is 46.2 Å². The normalized spacial score (nSPS) is 19.0. The number of hydrogen-bond donors (Lipinski definition) is 1. The lowest BCUT2D eigenvalue weighted by atomic mass is 9.73. The first-order valence-corrected chi connectivity index (χ1v) is 8.44. The molecule has 0 spiro atoms. The smallest absolute Gasteiger partial charge is 0.221 e. The van der Waals surface area contributed by atoms with E-state index in [9.17, 15) is 9.59 Å². The molecule has 0 bridgehead atoms. The highest BCUT2D eigenvalue weighted by atomic mass is 16.2. The summed E-state index contributed by atoms with van der Waals surface area (Å²) < 4.78 is 0. The molecule has 1 saturated carbocycles. The van der Waals surface area contributed by atoms with Crippen LogP contribution in [0.25, 0.3) is 0 Å². The van der Waals surface area contributed by atoms with Gasteiger partial charge in [0, 0.05) is 6.42 Å². The van der Waals surface area contributed by atoms with E-state index in [-0.39, 0.29) is 28.6 Å². The lowest BCUT2D eigenvalue weighted by Gasteiger charge is -2.35. The zero-order valence-electron chi connectivity index (χ0n) is 15.1. The van der Waals surface area contributed by atoms with Gasteiger partial charge in [0.25, 0.3) is 0 Å². The van der Waals surface area contributed by atoms with Crippen LogP contribution in [-0.4, -0.2) is 17.7 Å². The van der Waals surface area contributed by atoms with Gasteiger partial charge in [-0.2, -0.15) is 0 Å². The number of Topliss-reactive ketones (excluding diaryl/α,β-unsaturated/α-hetero) is 1. The summed E-state index contributed by atoms with van der Waals surface area (Å²) >= 11 is 0. The Morgan fingerprint density at radius 1 is 1.10 bits per heavy atom. The third kappa shape index (κ3) is 7.10. The van der Waals surface area contributed by atoms with Crippen molar-refractivity contribution in [3.63, 3.8) is 0 Å². The van der Waals surface area contributed by atoms with Crippen molar-refractivity contribution in [3.05, 3.63) is 0 Å². The van der Waals surface area contributed by atoms with E-state index in [0.717, 1.165) is 12.8 Å². The number of hydrogen-bond acceptors (Lipinski definition) is 2. The molecule has 124 valence electrons. The van der Waals surface area contributed by atoms with Gasteiger partial charge in [-0.1, -0.05) is 60.8 Å². The maximum Gasteiger partial charge on any atom is 0.221 e. The highest BCUT2D eigenvalue weighted by Crippen LogP contribution is 2.38. The maximum absolute atomic E-state index is 12.2. The third-order valence-corrected chi connectivity index (χ3v) is 4.23. The molecule has 1 aliphatic carbocycles. The summed E-state index contributed by atoms with van der Waals surface area (Å²) in [5.41, 5.74) is -0.101. The summed E-state index contributed by atoms with van der Waals surface area (Å²) in [4.78, 5) is 23.9. The molecule has 1 aliphatic rings. The number of rotatable bonds is 4. The molecule has 3 heteroatoms. The summed E-state index contributed by atoms with van der Waals surface area (Å²) in [7, 11) is 0. The van der Waals surface area contributed by atoms with Gasteiger partial charge < -0.3 is 5.32 Å². The molecule has 1 atom stereocenters. The molecule has 0 aromatic carbocycles. The van der Waals surface area contributed by atoms with Crippen LogP contribution in [0.15, 0.2) is 0 Å². The van der Waals surface area contributed by atoms with Gasteiger partial charge in [0.2, 0.25) is 5.91 Å². The Hall–Kier alpha value is -0.860. The number of ketones is 1. The van der Waals surface area contributed by atoms with Crippen LogP contribution in [0.3, 0.4) is 0 Å². The van der Waals surface area contributed by atoms with E-state index in [4.69, 9.17) is 0 Å². The minimum absolute atomic E-state index is 0.0273. The maximum atomic E-state index is 12.2. The Bertz CT molecular complexity index is 336. The molecule has 0 aromatic heterocycles. The Morgan fingerprint density at radius 2 is 1.57 bits per heavy atom. The molecular formula is C18H35NO2. The zero-order chi connectivity index (χ0) is 16.7. The van der Waals surface area contributed by atoms with Gasteiger partial charge in [0.15, 0.2) is 5.78 Å². The fraction of sp³-hybridized carbons (Fsp3) is 0.889. The number of amides is 1. The average Bonchev–Trinajstić information content (AvgIpc) is 2.37. The quantitative estimate of drug-likeness (QED) is 0.831. The molecule has 0 radical (unpaired) electrons. The van der Waals surface area contributed by atoms with Crippen LogP contribution in [-0.2, 0) is 9.59 Å². The van der Waals surface area contributed by atoms with Crippen molar-refractivity contribution < 1.29 is 9.59 Å². The van der Waals surface area contributed by atoms with Crippen LogP contribution in [0, 0.1) is 10.8 Å².